The fourth-order valence-electron chi connectivity index (χ4n) is 2.60. The van der Waals surface area contributed by atoms with E-state index in [0.29, 0.717) is 28.9 Å². The van der Waals surface area contributed by atoms with Crippen LogP contribution < -0.4 is 5.32 Å². The van der Waals surface area contributed by atoms with Gasteiger partial charge in [-0.1, -0.05) is 0 Å². The van der Waals surface area contributed by atoms with Crippen LogP contribution in [-0.4, -0.2) is 41.0 Å². The van der Waals surface area contributed by atoms with Crippen LogP contribution in [0.5, 0.6) is 0 Å². The average Bonchev–Trinajstić information content (AvgIpc) is 2.47. The Morgan fingerprint density at radius 3 is 2.79 bits per heavy atom. The molecule has 1 aromatic heterocycles. The van der Waals surface area contributed by atoms with Crippen LogP contribution in [0, 0.1) is 5.92 Å². The molecule has 2 heterocycles. The number of aliphatic carboxylic acids is 1. The van der Waals surface area contributed by atoms with Gasteiger partial charge in [0.2, 0.25) is 0 Å². The van der Waals surface area contributed by atoms with E-state index in [1.54, 1.807) is 33.0 Å². The highest BCUT2D eigenvalue weighted by molar-refractivity contribution is 9.10. The zero-order chi connectivity index (χ0) is 17.9. The molecular weight excluding hydrogens is 380 g/mol. The number of halogens is 1. The molecule has 0 saturated carbocycles. The lowest BCUT2D eigenvalue weighted by atomic mass is 9.83. The number of carboxylic acids is 1. The van der Waals surface area contributed by atoms with Crippen molar-refractivity contribution in [3.63, 3.8) is 0 Å². The zero-order valence-electron chi connectivity index (χ0n) is 13.8. The van der Waals surface area contributed by atoms with Gasteiger partial charge in [-0.25, -0.2) is 9.78 Å². The van der Waals surface area contributed by atoms with Crippen molar-refractivity contribution >= 4 is 33.8 Å². The van der Waals surface area contributed by atoms with Gasteiger partial charge in [0.1, 0.15) is 11.4 Å². The third-order valence-corrected chi connectivity index (χ3v) is 4.01. The predicted octanol–water partition coefficient (Wildman–Crippen LogP) is 3.40. The van der Waals surface area contributed by atoms with Crippen LogP contribution in [0.2, 0.25) is 0 Å². The Morgan fingerprint density at radius 2 is 2.17 bits per heavy atom. The van der Waals surface area contributed by atoms with Crippen LogP contribution in [0.1, 0.15) is 38.7 Å². The standard InChI is InChI=1S/C16H21BrN2O5/c1-16(2,3)24-15(22)19-13-11(6-9(17)7-18-13)10-4-5-23-8-12(10)14(20)21/h6-7,10,12H,4-5,8H2,1-3H3,(H,20,21)(H,18,19,22)/t10-,12+/m1/s1. The highest BCUT2D eigenvalue weighted by atomic mass is 79.9. The van der Waals surface area contributed by atoms with Crippen molar-refractivity contribution in [2.75, 3.05) is 18.5 Å². The van der Waals surface area contributed by atoms with Gasteiger partial charge in [-0.2, -0.15) is 0 Å². The summed E-state index contributed by atoms with van der Waals surface area (Å²) in [5.74, 6) is -1.60. The normalized spacial score (nSPS) is 21.2. The zero-order valence-corrected chi connectivity index (χ0v) is 15.4. The molecule has 2 atom stereocenters. The molecule has 0 aliphatic carbocycles. The number of hydrogen-bond donors (Lipinski definition) is 2. The van der Waals surface area contributed by atoms with Crippen LogP contribution in [0.15, 0.2) is 16.7 Å². The van der Waals surface area contributed by atoms with Crippen molar-refractivity contribution in [1.82, 2.24) is 4.98 Å². The van der Waals surface area contributed by atoms with Crippen molar-refractivity contribution in [3.8, 4) is 0 Å². The Bertz CT molecular complexity index is 629. The summed E-state index contributed by atoms with van der Waals surface area (Å²) in [6.45, 7) is 5.90. The lowest BCUT2D eigenvalue weighted by Crippen LogP contribution is -2.33. The minimum atomic E-state index is -0.928. The van der Waals surface area contributed by atoms with Gasteiger partial charge in [0.25, 0.3) is 0 Å². The van der Waals surface area contributed by atoms with Gasteiger partial charge >= 0.3 is 12.1 Å². The van der Waals surface area contributed by atoms with Crippen LogP contribution in [0.3, 0.4) is 0 Å². The number of hydrogen-bond acceptors (Lipinski definition) is 5. The molecule has 1 saturated heterocycles. The smallest absolute Gasteiger partial charge is 0.413 e. The van der Waals surface area contributed by atoms with Gasteiger partial charge in [-0.05, 0) is 49.2 Å². The summed E-state index contributed by atoms with van der Waals surface area (Å²) in [6, 6.07) is 1.78. The first kappa shape index (κ1) is 18.7. The monoisotopic (exact) mass is 400 g/mol. The lowest BCUT2D eigenvalue weighted by Gasteiger charge is -2.30. The molecule has 0 unspecified atom stereocenters. The molecule has 0 bridgehead atoms. The van der Waals surface area contributed by atoms with E-state index in [1.807, 2.05) is 0 Å². The maximum atomic E-state index is 12.0. The quantitative estimate of drug-likeness (QED) is 0.806. The number of carbonyl (C=O) groups excluding carboxylic acids is 1. The third-order valence-electron chi connectivity index (χ3n) is 3.58. The number of ether oxygens (including phenoxy) is 2. The Morgan fingerprint density at radius 1 is 1.46 bits per heavy atom. The Balaban J connectivity index is 2.30. The number of nitrogens with one attached hydrogen (secondary N) is 1. The highest BCUT2D eigenvalue weighted by Crippen LogP contribution is 2.37. The summed E-state index contributed by atoms with van der Waals surface area (Å²) in [4.78, 5) is 27.8. The number of amides is 1. The second-order valence-corrected chi connectivity index (χ2v) is 7.55. The van der Waals surface area contributed by atoms with Gasteiger partial charge in [0.05, 0.1) is 12.5 Å². The summed E-state index contributed by atoms with van der Waals surface area (Å²) in [6.07, 6.45) is 1.46. The molecule has 1 aliphatic rings. The topological polar surface area (TPSA) is 97.8 Å². The fourth-order valence-corrected chi connectivity index (χ4v) is 2.94. The van der Waals surface area contributed by atoms with Gasteiger partial charge in [0, 0.05) is 28.8 Å². The molecule has 132 valence electrons. The summed E-state index contributed by atoms with van der Waals surface area (Å²) in [5.41, 5.74) is 0.0213. The van der Waals surface area contributed by atoms with E-state index < -0.39 is 23.6 Å². The molecule has 2 N–H and O–H groups in total. The maximum absolute atomic E-state index is 12.0. The summed E-state index contributed by atoms with van der Waals surface area (Å²) in [7, 11) is 0. The van der Waals surface area contributed by atoms with E-state index in [0.717, 1.165) is 0 Å². The molecule has 7 nitrogen and oxygen atoms in total. The average molecular weight is 401 g/mol. The Labute approximate surface area is 148 Å². The second kappa shape index (κ2) is 7.48. The van der Waals surface area contributed by atoms with Gasteiger partial charge in [-0.3, -0.25) is 10.1 Å². The fraction of sp³-hybridized carbons (Fsp3) is 0.562. The van der Waals surface area contributed by atoms with E-state index >= 15 is 0 Å². The molecule has 1 amide bonds. The van der Waals surface area contributed by atoms with Crippen LogP contribution in [0.25, 0.3) is 0 Å². The molecule has 2 rings (SSSR count). The summed E-state index contributed by atoms with van der Waals surface area (Å²) >= 11 is 3.35. The van der Waals surface area contributed by atoms with E-state index in [9.17, 15) is 14.7 Å². The van der Waals surface area contributed by atoms with Crippen molar-refractivity contribution in [3.05, 3.63) is 22.3 Å². The van der Waals surface area contributed by atoms with E-state index in [4.69, 9.17) is 9.47 Å². The Kier molecular flexibility index (Phi) is 5.82. The molecule has 0 aromatic carbocycles. The van der Waals surface area contributed by atoms with Gasteiger partial charge in [0.15, 0.2) is 0 Å². The molecular formula is C16H21BrN2O5. The minimum absolute atomic E-state index is 0.137. The second-order valence-electron chi connectivity index (χ2n) is 6.63. The first-order valence-electron chi connectivity index (χ1n) is 7.63. The van der Waals surface area contributed by atoms with Crippen molar-refractivity contribution in [1.29, 1.82) is 0 Å². The Hall–Kier alpha value is -1.67. The largest absolute Gasteiger partial charge is 0.481 e. The number of carbonyl (C=O) groups is 2. The van der Waals surface area contributed by atoms with Crippen LogP contribution >= 0.6 is 15.9 Å². The molecule has 1 aliphatic heterocycles. The van der Waals surface area contributed by atoms with Crippen molar-refractivity contribution < 1.29 is 24.2 Å². The summed E-state index contributed by atoms with van der Waals surface area (Å²) in [5, 5.41) is 12.1. The summed E-state index contributed by atoms with van der Waals surface area (Å²) < 4.78 is 11.2. The molecule has 1 fully saturated rings. The molecule has 1 aromatic rings. The number of anilines is 1. The lowest BCUT2D eigenvalue weighted by molar-refractivity contribution is -0.147. The molecule has 0 spiro atoms. The minimum Gasteiger partial charge on any atom is -0.481 e. The van der Waals surface area contributed by atoms with Gasteiger partial charge in [-0.15, -0.1) is 0 Å². The predicted molar refractivity (Wildman–Crippen MR) is 91.1 cm³/mol. The van der Waals surface area contributed by atoms with Crippen molar-refractivity contribution in [2.45, 2.75) is 38.7 Å². The SMILES string of the molecule is CC(C)(C)OC(=O)Nc1ncc(Br)cc1[C@H]1CCOC[C@@H]1C(=O)O. The number of pyridine rings is 1. The van der Waals surface area contributed by atoms with E-state index in [-0.39, 0.29) is 12.5 Å². The first-order valence-corrected chi connectivity index (χ1v) is 8.42. The maximum Gasteiger partial charge on any atom is 0.413 e. The molecule has 8 heteroatoms. The first-order chi connectivity index (χ1) is 11.2. The van der Waals surface area contributed by atoms with E-state index in [1.165, 1.54) is 0 Å². The number of rotatable bonds is 3. The van der Waals surface area contributed by atoms with E-state index in [2.05, 4.69) is 26.2 Å². The number of aromatic nitrogens is 1. The number of nitrogens with zero attached hydrogens (tertiary/aromatic N) is 1. The van der Waals surface area contributed by atoms with Crippen LogP contribution in [-0.2, 0) is 14.3 Å². The van der Waals surface area contributed by atoms with Gasteiger partial charge < -0.3 is 14.6 Å². The van der Waals surface area contributed by atoms with Crippen molar-refractivity contribution in [2.24, 2.45) is 5.92 Å². The third kappa shape index (κ3) is 4.91. The van der Waals surface area contributed by atoms with Crippen LogP contribution in [0.4, 0.5) is 10.6 Å². The number of carboxylic acid groups (broad SMARTS) is 1. The highest BCUT2D eigenvalue weighted by Gasteiger charge is 2.35. The molecule has 0 radical (unpaired) electrons. The molecule has 24 heavy (non-hydrogen) atoms.